The van der Waals surface area contributed by atoms with Gasteiger partial charge in [-0.3, -0.25) is 38.5 Å². The minimum atomic E-state index is -1.04. The van der Waals surface area contributed by atoms with Gasteiger partial charge in [0.05, 0.1) is 5.41 Å². The number of hydrogen-bond donors (Lipinski definition) is 4. The Labute approximate surface area is 256 Å². The van der Waals surface area contributed by atoms with Crippen molar-refractivity contribution in [3.63, 3.8) is 0 Å². The molecule has 13 heteroatoms. The number of rotatable bonds is 15. The molecule has 240 valence electrons. The van der Waals surface area contributed by atoms with Crippen molar-refractivity contribution < 1.29 is 43.4 Å². The smallest absolute Gasteiger partial charge is 0.311 e. The van der Waals surface area contributed by atoms with Gasteiger partial charge in [0.25, 0.3) is 11.8 Å². The van der Waals surface area contributed by atoms with Crippen LogP contribution in [-0.4, -0.2) is 70.1 Å². The molecule has 44 heavy (non-hydrogen) atoms. The summed E-state index contributed by atoms with van der Waals surface area (Å²) in [5.74, 6) is -4.74. The van der Waals surface area contributed by atoms with Gasteiger partial charge < -0.3 is 25.8 Å². The molecule has 1 aliphatic rings. The molecular formula is C31H42N4O9. The molecule has 2 rings (SSSR count). The second kappa shape index (κ2) is 15.8. The molecule has 0 spiro atoms. The van der Waals surface area contributed by atoms with Crippen molar-refractivity contribution in [2.45, 2.75) is 85.9 Å². The number of carboxylic acids is 1. The topological polar surface area (TPSA) is 188 Å². The third-order valence-electron chi connectivity index (χ3n) is 6.75. The predicted molar refractivity (Wildman–Crippen MR) is 160 cm³/mol. The summed E-state index contributed by atoms with van der Waals surface area (Å²) in [6.45, 7) is 9.58. The van der Waals surface area contributed by atoms with E-state index in [1.54, 1.807) is 52.8 Å². The van der Waals surface area contributed by atoms with Crippen LogP contribution in [0.4, 0.5) is 5.69 Å². The number of benzene rings is 1. The van der Waals surface area contributed by atoms with Crippen molar-refractivity contribution in [3.05, 3.63) is 41.5 Å². The van der Waals surface area contributed by atoms with Gasteiger partial charge in [-0.2, -0.15) is 0 Å². The minimum absolute atomic E-state index is 0.0178. The number of aryl methyl sites for hydroxylation is 1. The maximum Gasteiger partial charge on any atom is 0.311 e. The van der Waals surface area contributed by atoms with Crippen LogP contribution in [0.3, 0.4) is 0 Å². The van der Waals surface area contributed by atoms with Gasteiger partial charge in [0, 0.05) is 24.3 Å². The highest BCUT2D eigenvalue weighted by molar-refractivity contribution is 6.14. The number of carboxylic acid groups (broad SMARTS) is 1. The molecule has 13 nitrogen and oxygen atoms in total. The molecule has 5 amide bonds. The fraction of sp³-hybridized carbons (Fsp3) is 0.516. The van der Waals surface area contributed by atoms with Crippen LogP contribution >= 0.6 is 0 Å². The van der Waals surface area contributed by atoms with E-state index >= 15 is 0 Å². The molecule has 1 aliphatic heterocycles. The average Bonchev–Trinajstić information content (AvgIpc) is 3.24. The summed E-state index contributed by atoms with van der Waals surface area (Å²) in [6.07, 6.45) is 3.64. The molecule has 1 aromatic carbocycles. The molecule has 0 unspecified atom stereocenters. The van der Waals surface area contributed by atoms with Crippen LogP contribution in [0, 0.1) is 11.3 Å². The van der Waals surface area contributed by atoms with Crippen molar-refractivity contribution in [2.75, 3.05) is 11.9 Å². The number of imide groups is 1. The number of hydrogen-bond acceptors (Lipinski definition) is 8. The molecule has 0 radical (unpaired) electrons. The van der Waals surface area contributed by atoms with Crippen LogP contribution in [0.15, 0.2) is 30.4 Å². The first-order chi connectivity index (χ1) is 20.5. The van der Waals surface area contributed by atoms with E-state index in [1.165, 1.54) is 6.92 Å². The highest BCUT2D eigenvalue weighted by Crippen LogP contribution is 2.22. The van der Waals surface area contributed by atoms with Crippen LogP contribution < -0.4 is 16.0 Å². The molecule has 1 aromatic rings. The van der Waals surface area contributed by atoms with Gasteiger partial charge in [-0.05, 0) is 76.1 Å². The Hall–Kier alpha value is -4.55. The summed E-state index contributed by atoms with van der Waals surface area (Å²) in [5.41, 5.74) is 1.24. The third kappa shape index (κ3) is 10.9. The van der Waals surface area contributed by atoms with E-state index in [1.807, 2.05) is 0 Å². The highest BCUT2D eigenvalue weighted by Gasteiger charge is 2.30. The second-order valence-corrected chi connectivity index (χ2v) is 12.0. The summed E-state index contributed by atoms with van der Waals surface area (Å²) in [5, 5.41) is 16.8. The third-order valence-corrected chi connectivity index (χ3v) is 6.75. The zero-order valence-electron chi connectivity index (χ0n) is 26.0. The number of anilines is 1. The van der Waals surface area contributed by atoms with Crippen molar-refractivity contribution >= 4 is 47.2 Å². The molecular weight excluding hydrogens is 572 g/mol. The van der Waals surface area contributed by atoms with Crippen molar-refractivity contribution in [1.29, 1.82) is 0 Å². The molecule has 1 heterocycles. The van der Waals surface area contributed by atoms with Gasteiger partial charge in [-0.25, -0.2) is 0 Å². The number of amides is 5. The lowest BCUT2D eigenvalue weighted by atomic mass is 9.97. The molecule has 2 atom stereocenters. The minimum Gasteiger partial charge on any atom is -0.481 e. The van der Waals surface area contributed by atoms with Gasteiger partial charge in [-0.1, -0.05) is 19.9 Å². The first kappa shape index (κ1) is 35.6. The second-order valence-electron chi connectivity index (χ2n) is 12.0. The van der Waals surface area contributed by atoms with Crippen molar-refractivity contribution in [3.8, 4) is 0 Å². The number of carbonyl (C=O) groups excluding carboxylic acids is 6. The molecule has 0 fully saturated rings. The summed E-state index contributed by atoms with van der Waals surface area (Å²) in [4.78, 5) is 85.9. The number of carbonyl (C=O) groups is 7. The van der Waals surface area contributed by atoms with Crippen LogP contribution in [0.5, 0.6) is 0 Å². The monoisotopic (exact) mass is 614 g/mol. The predicted octanol–water partition coefficient (Wildman–Crippen LogP) is 2.08. The van der Waals surface area contributed by atoms with Gasteiger partial charge in [0.15, 0.2) is 0 Å². The van der Waals surface area contributed by atoms with Gasteiger partial charge in [-0.15, -0.1) is 0 Å². The van der Waals surface area contributed by atoms with E-state index in [-0.39, 0.29) is 24.9 Å². The lowest BCUT2D eigenvalue weighted by molar-refractivity contribution is -0.154. The van der Waals surface area contributed by atoms with E-state index in [0.717, 1.165) is 28.2 Å². The van der Waals surface area contributed by atoms with Gasteiger partial charge in [0.2, 0.25) is 17.7 Å². The molecule has 4 N–H and O–H groups in total. The summed E-state index contributed by atoms with van der Waals surface area (Å²) < 4.78 is 5.46. The lowest BCUT2D eigenvalue weighted by Crippen LogP contribution is -2.55. The van der Waals surface area contributed by atoms with E-state index in [4.69, 9.17) is 9.84 Å². The Kier molecular flexibility index (Phi) is 12.8. The van der Waals surface area contributed by atoms with Crippen LogP contribution in [0.2, 0.25) is 0 Å². The van der Waals surface area contributed by atoms with Crippen LogP contribution in [-0.2, 0) is 51.3 Å². The molecule has 0 saturated carbocycles. The maximum atomic E-state index is 13.0. The summed E-state index contributed by atoms with van der Waals surface area (Å²) in [6, 6.07) is 3.04. The molecule has 0 bridgehead atoms. The van der Waals surface area contributed by atoms with E-state index in [0.29, 0.717) is 24.9 Å². The van der Waals surface area contributed by atoms with E-state index in [2.05, 4.69) is 16.0 Å². The fourth-order valence-electron chi connectivity index (χ4n) is 4.13. The Morgan fingerprint density at radius 1 is 0.909 bits per heavy atom. The molecule has 0 aliphatic carbocycles. The van der Waals surface area contributed by atoms with Crippen molar-refractivity contribution in [1.82, 2.24) is 15.5 Å². The number of esters is 1. The Balaban J connectivity index is 2.06. The first-order valence-electron chi connectivity index (χ1n) is 14.4. The number of ether oxygens (including phenoxy) is 1. The Bertz CT molecular complexity index is 1300. The molecule has 0 saturated heterocycles. The SMILES string of the molecule is CC(C)[C@H](NC(=O)CN1C(=O)C=CC1=O)C(=O)N[C@@H](C)C(=O)Nc1ccc(COC(=O)C(C)(C)C)c(CCCCC(=O)O)c1. The number of unbranched alkanes of at least 4 members (excludes halogenated alkanes) is 1. The molecule has 0 aromatic heterocycles. The van der Waals surface area contributed by atoms with Crippen LogP contribution in [0.25, 0.3) is 0 Å². The maximum absolute atomic E-state index is 13.0. The number of nitrogens with zero attached hydrogens (tertiary/aromatic N) is 1. The average molecular weight is 615 g/mol. The zero-order chi connectivity index (χ0) is 33.2. The van der Waals surface area contributed by atoms with Gasteiger partial charge >= 0.3 is 11.9 Å². The lowest BCUT2D eigenvalue weighted by Gasteiger charge is -2.24. The Morgan fingerprint density at radius 3 is 2.11 bits per heavy atom. The summed E-state index contributed by atoms with van der Waals surface area (Å²) >= 11 is 0. The largest absolute Gasteiger partial charge is 0.481 e. The van der Waals surface area contributed by atoms with E-state index < -0.39 is 59.5 Å². The summed E-state index contributed by atoms with van der Waals surface area (Å²) in [7, 11) is 0. The van der Waals surface area contributed by atoms with Crippen LogP contribution in [0.1, 0.15) is 71.9 Å². The normalized spacial score (nSPS) is 14.3. The number of aliphatic carboxylic acids is 1. The first-order valence-corrected chi connectivity index (χ1v) is 14.4. The quantitative estimate of drug-likeness (QED) is 0.130. The standard InChI is InChI=1S/C31H42N4O9/c1-18(2)27(34-23(36)16-35-24(37)13-14-25(35)38)29(42)32-19(3)28(41)33-22-12-11-21(17-44-30(43)31(4,5)6)20(15-22)9-7-8-10-26(39)40/h11-15,18-19,27H,7-10,16-17H2,1-6H3,(H,32,42)(H,33,41)(H,34,36)(H,39,40)/t19-,27-/m0/s1. The number of nitrogens with one attached hydrogen (secondary N) is 3. The Morgan fingerprint density at radius 2 is 1.55 bits per heavy atom. The van der Waals surface area contributed by atoms with E-state index in [9.17, 15) is 33.6 Å². The fourth-order valence-corrected chi connectivity index (χ4v) is 4.13. The highest BCUT2D eigenvalue weighted by atomic mass is 16.5. The van der Waals surface area contributed by atoms with Gasteiger partial charge in [0.1, 0.15) is 25.2 Å². The van der Waals surface area contributed by atoms with Crippen molar-refractivity contribution in [2.24, 2.45) is 11.3 Å². The zero-order valence-corrected chi connectivity index (χ0v) is 26.0.